The molecule has 58 heavy (non-hydrogen) atoms. The number of hydrogen-bond donors (Lipinski definition) is 4. The van der Waals surface area contributed by atoms with Crippen molar-refractivity contribution in [2.24, 2.45) is 34.1 Å². The number of aliphatic imine (C=N–C) groups is 1. The van der Waals surface area contributed by atoms with Gasteiger partial charge in [-0.05, 0) is 101 Å². The van der Waals surface area contributed by atoms with Crippen molar-refractivity contribution in [1.82, 2.24) is 0 Å². The normalized spacial score (nSPS) is 48.1. The molecule has 0 aromatic heterocycles. The number of aliphatic hydroxyl groups excluding tert-OH is 2. The Labute approximate surface area is 349 Å². The Kier molecular flexibility index (Phi) is 12.2. The molecule has 1 aliphatic carbocycles. The highest BCUT2D eigenvalue weighted by molar-refractivity contribution is 7.99. The summed E-state index contributed by atoms with van der Waals surface area (Å²) in [6.07, 6.45) is 10.9. The summed E-state index contributed by atoms with van der Waals surface area (Å²) in [6, 6.07) is -0.856. The number of carboxylic acids is 1. The molecule has 0 saturated carbocycles. The average molecular weight is 831 g/mol. The lowest BCUT2D eigenvalue weighted by Gasteiger charge is -2.50. The first-order valence-corrected chi connectivity index (χ1v) is 23.7. The van der Waals surface area contributed by atoms with Crippen LogP contribution in [0.15, 0.2) is 28.8 Å². The molecule has 0 unspecified atom stereocenters. The van der Waals surface area contributed by atoms with Crippen LogP contribution in [0.25, 0.3) is 0 Å². The lowest BCUT2D eigenvalue weighted by molar-refractivity contribution is -0.431. The van der Waals surface area contributed by atoms with Crippen molar-refractivity contribution in [1.29, 1.82) is 0 Å². The number of carbonyl (C=O) groups is 1. The van der Waals surface area contributed by atoms with Crippen LogP contribution in [0.3, 0.4) is 0 Å². The number of thioether (sulfide) groups is 1. The highest BCUT2D eigenvalue weighted by atomic mass is 32.2. The van der Waals surface area contributed by atoms with Crippen molar-refractivity contribution in [3.05, 3.63) is 23.8 Å². The molecule has 6 N–H and O–H groups in total. The zero-order valence-corrected chi connectivity index (χ0v) is 36.1. The predicted octanol–water partition coefficient (Wildman–Crippen LogP) is 3.98. The van der Waals surface area contributed by atoms with E-state index >= 15 is 0 Å². The van der Waals surface area contributed by atoms with Crippen LogP contribution < -0.4 is 10.8 Å². The van der Waals surface area contributed by atoms with Crippen LogP contribution in [0.1, 0.15) is 130 Å². The number of quaternary nitrogens is 1. The van der Waals surface area contributed by atoms with Crippen LogP contribution in [-0.4, -0.2) is 111 Å². The first kappa shape index (κ1) is 43.3. The average Bonchev–Trinajstić information content (AvgIpc) is 3.65. The van der Waals surface area contributed by atoms with Crippen molar-refractivity contribution < 1.29 is 54.6 Å². The van der Waals surface area contributed by atoms with Gasteiger partial charge >= 0.3 is 0 Å². The van der Waals surface area contributed by atoms with E-state index in [-0.39, 0.29) is 35.2 Å². The van der Waals surface area contributed by atoms with Crippen LogP contribution in [0.4, 0.5) is 0 Å². The number of ether oxygens (including phenoxy) is 5. The van der Waals surface area contributed by atoms with Crippen LogP contribution >= 0.6 is 11.8 Å². The summed E-state index contributed by atoms with van der Waals surface area (Å²) in [5.41, 5.74) is 5.40. The molecule has 7 heterocycles. The Morgan fingerprint density at radius 2 is 1.72 bits per heavy atom. The van der Waals surface area contributed by atoms with Crippen LogP contribution in [0, 0.1) is 29.1 Å². The van der Waals surface area contributed by atoms with Gasteiger partial charge in [0.2, 0.25) is 5.79 Å². The van der Waals surface area contributed by atoms with Gasteiger partial charge in [-0.15, -0.1) is 0 Å². The van der Waals surface area contributed by atoms with E-state index in [0.717, 1.165) is 75.5 Å². The van der Waals surface area contributed by atoms with Crippen molar-refractivity contribution in [2.45, 2.75) is 196 Å². The molecule has 7 bridgehead atoms. The van der Waals surface area contributed by atoms with Gasteiger partial charge in [0.1, 0.15) is 17.7 Å². The fourth-order valence-corrected chi connectivity index (χ4v) is 13.1. The summed E-state index contributed by atoms with van der Waals surface area (Å²) >= 11 is 1.38. The van der Waals surface area contributed by atoms with Gasteiger partial charge in [-0.1, -0.05) is 39.0 Å². The molecule has 0 aromatic rings. The number of rotatable bonds is 6. The number of aliphatic hydroxyl groups is 3. The lowest BCUT2D eigenvalue weighted by Crippen LogP contribution is -2.69. The van der Waals surface area contributed by atoms with Crippen molar-refractivity contribution in [3.8, 4) is 0 Å². The second-order valence-electron chi connectivity index (χ2n) is 20.1. The Hall–Kier alpha value is -1.39. The van der Waals surface area contributed by atoms with E-state index in [9.17, 15) is 25.2 Å². The Bertz CT molecular complexity index is 1620. The molecule has 8 aliphatic rings. The second kappa shape index (κ2) is 16.4. The zero-order valence-electron chi connectivity index (χ0n) is 35.3. The number of carboxylic acid groups (broad SMARTS) is 1. The quantitative estimate of drug-likeness (QED) is 0.284. The van der Waals surface area contributed by atoms with Gasteiger partial charge in [-0.3, -0.25) is 4.99 Å². The van der Waals surface area contributed by atoms with Gasteiger partial charge in [0.15, 0.2) is 11.6 Å². The van der Waals surface area contributed by atoms with Gasteiger partial charge in [0.25, 0.3) is 0 Å². The number of carbonyl (C=O) groups excluding carboxylic acids is 1. The summed E-state index contributed by atoms with van der Waals surface area (Å²) in [7, 11) is 0. The van der Waals surface area contributed by atoms with E-state index in [1.54, 1.807) is 0 Å². The van der Waals surface area contributed by atoms with Crippen LogP contribution in [-0.2, 0) is 28.5 Å². The van der Waals surface area contributed by atoms with E-state index in [1.807, 2.05) is 6.92 Å². The van der Waals surface area contributed by atoms with Gasteiger partial charge in [0, 0.05) is 61.4 Å². The zero-order chi connectivity index (χ0) is 41.3. The van der Waals surface area contributed by atoms with Gasteiger partial charge < -0.3 is 54.6 Å². The molecule has 4 spiro atoms. The molecule has 8 rings (SSSR count). The maximum Gasteiger partial charge on any atom is 0.200 e. The summed E-state index contributed by atoms with van der Waals surface area (Å²) in [4.78, 5) is 16.8. The summed E-state index contributed by atoms with van der Waals surface area (Å²) in [5, 5.41) is 46.9. The van der Waals surface area contributed by atoms with Crippen molar-refractivity contribution >= 4 is 23.4 Å². The molecular formula is C45H70N2O10S. The minimum Gasteiger partial charge on any atom is -0.544 e. The van der Waals surface area contributed by atoms with Gasteiger partial charge in [-0.25, -0.2) is 0 Å². The molecule has 13 heteroatoms. The molecule has 6 saturated heterocycles. The minimum atomic E-state index is -1.19. The molecule has 16 atom stereocenters. The number of fused-ring (bicyclic) bond motifs is 6. The molecule has 0 amide bonds. The summed E-state index contributed by atoms with van der Waals surface area (Å²) < 4.78 is 35.2. The summed E-state index contributed by atoms with van der Waals surface area (Å²) in [5.74, 6) is -3.14. The fourth-order valence-electron chi connectivity index (χ4n) is 12.1. The minimum absolute atomic E-state index is 0.0793. The smallest absolute Gasteiger partial charge is 0.200 e. The third-order valence-corrected chi connectivity index (χ3v) is 17.0. The number of nitrogens with zero attached hydrogens (tertiary/aromatic N) is 1. The van der Waals surface area contributed by atoms with E-state index in [0.29, 0.717) is 62.5 Å². The third kappa shape index (κ3) is 8.05. The Balaban J connectivity index is 1.18. The molecular weight excluding hydrogens is 761 g/mol. The largest absolute Gasteiger partial charge is 0.544 e. The Morgan fingerprint density at radius 1 is 0.931 bits per heavy atom. The van der Waals surface area contributed by atoms with E-state index in [1.165, 1.54) is 17.5 Å². The molecule has 12 nitrogen and oxygen atoms in total. The lowest BCUT2D eigenvalue weighted by atomic mass is 9.57. The highest BCUT2D eigenvalue weighted by Crippen LogP contribution is 2.59. The fraction of sp³-hybridized carbons (Fsp3) is 0.867. The number of hydrogen-bond acceptors (Lipinski definition) is 12. The van der Waals surface area contributed by atoms with E-state index in [4.69, 9.17) is 28.7 Å². The standard InChI is InChI=1S/C45H70N2O10S/c1-26-8-6-10-36-42(20-27(2)29(4)23-47-36)15-11-30(35(48)25-58-24-34(46)40(50)51)19-33(42)38-39-37(49)28(3)21-44(55-38,56-39)22-32-9-7-13-43(53-32)16-17-45(57-43)41(5,52)14-12-31(18-26)54-45/h19,27-29,31-35,37-39,48-49,52H,1,6-18,20-25,46H2,2-5H3,(H,50,51)/t27-,28+,29-,31-,32+,33+,34-,35+,37+,38-,39+,41+,42+,43+,44+,45+/m0/s1. The maximum absolute atomic E-state index is 12.0. The Morgan fingerprint density at radius 3 is 2.52 bits per heavy atom. The summed E-state index contributed by atoms with van der Waals surface area (Å²) in [6.45, 7) is 13.9. The third-order valence-electron chi connectivity index (χ3n) is 15.8. The van der Waals surface area contributed by atoms with Crippen LogP contribution in [0.2, 0.25) is 0 Å². The molecule has 0 aromatic carbocycles. The molecule has 0 radical (unpaired) electrons. The van der Waals surface area contributed by atoms with Gasteiger partial charge in [-0.2, -0.15) is 11.8 Å². The number of aliphatic carboxylic acids is 1. The van der Waals surface area contributed by atoms with Gasteiger partial charge in [0.05, 0.1) is 42.2 Å². The first-order valence-electron chi connectivity index (χ1n) is 22.5. The monoisotopic (exact) mass is 830 g/mol. The van der Waals surface area contributed by atoms with Crippen molar-refractivity contribution in [3.63, 3.8) is 0 Å². The second-order valence-corrected chi connectivity index (χ2v) is 21.2. The van der Waals surface area contributed by atoms with E-state index < -0.39 is 59.4 Å². The SMILES string of the molecule is C=C1CCCC2=NC[C@H](C)[C@@H](C)C[C@@]23CCC([C@H](O)CSC[C@H]([NH3+])C(=O)[O-])=C[C@@H]3[C@@H]2O[C@]3(C[C@H]4CCC[C@@]5(CC[C@@]6(O[C@@H](CC[C@@]6(C)O)C1)O5)O4)C[C@@H](C)[C@@H](O)[C@H]2O3. The first-order chi connectivity index (χ1) is 27.5. The van der Waals surface area contributed by atoms with Crippen molar-refractivity contribution in [2.75, 3.05) is 18.1 Å². The molecule has 326 valence electrons. The maximum atomic E-state index is 12.0. The topological polar surface area (TPSA) is 187 Å². The van der Waals surface area contributed by atoms with E-state index in [2.05, 4.69) is 39.2 Å². The highest BCUT2D eigenvalue weighted by Gasteiger charge is 2.66. The molecule has 6 fully saturated rings. The predicted molar refractivity (Wildman–Crippen MR) is 217 cm³/mol. The molecule has 7 aliphatic heterocycles. The van der Waals surface area contributed by atoms with Crippen LogP contribution in [0.5, 0.6) is 0 Å².